The summed E-state index contributed by atoms with van der Waals surface area (Å²) in [5.41, 5.74) is 0. The monoisotopic (exact) mass is 279 g/mol. The lowest BCUT2D eigenvalue weighted by atomic mass is 9.78. The Morgan fingerprint density at radius 2 is 1.90 bits per heavy atom. The standard InChI is InChI=1S/C17H33N3/c1-14-6-7-17(18-2)15(11-14)12-19-8-4-10-20-9-3-5-16(20)13-19/h14-18H,3-13H2,1-2H3. The third-order valence-electron chi connectivity index (χ3n) is 6.00. The molecule has 0 aromatic heterocycles. The van der Waals surface area contributed by atoms with E-state index in [2.05, 4.69) is 29.1 Å². The zero-order valence-electron chi connectivity index (χ0n) is 13.5. The number of nitrogens with zero attached hydrogens (tertiary/aromatic N) is 2. The highest BCUT2D eigenvalue weighted by atomic mass is 15.3. The molecule has 2 saturated heterocycles. The molecule has 20 heavy (non-hydrogen) atoms. The molecule has 3 aliphatic rings. The van der Waals surface area contributed by atoms with Gasteiger partial charge in [0.1, 0.15) is 0 Å². The smallest absolute Gasteiger partial charge is 0.0223 e. The number of nitrogens with one attached hydrogen (secondary N) is 1. The van der Waals surface area contributed by atoms with Gasteiger partial charge in [-0.25, -0.2) is 0 Å². The molecule has 116 valence electrons. The summed E-state index contributed by atoms with van der Waals surface area (Å²) in [6.45, 7) is 9.14. The molecule has 2 aliphatic heterocycles. The molecule has 1 N–H and O–H groups in total. The van der Waals surface area contributed by atoms with E-state index >= 15 is 0 Å². The minimum atomic E-state index is 0.758. The zero-order chi connectivity index (χ0) is 13.9. The Balaban J connectivity index is 1.57. The van der Waals surface area contributed by atoms with Crippen molar-refractivity contribution in [2.24, 2.45) is 11.8 Å². The normalized spacial score (nSPS) is 40.5. The Labute approximate surface area is 125 Å². The van der Waals surface area contributed by atoms with Crippen molar-refractivity contribution in [1.82, 2.24) is 15.1 Å². The summed E-state index contributed by atoms with van der Waals surface area (Å²) in [6.07, 6.45) is 8.47. The first-order valence-electron chi connectivity index (χ1n) is 8.90. The molecule has 1 saturated carbocycles. The Kier molecular flexibility index (Phi) is 5.00. The lowest BCUT2D eigenvalue weighted by Crippen LogP contribution is -2.46. The van der Waals surface area contributed by atoms with Gasteiger partial charge in [0.25, 0.3) is 0 Å². The van der Waals surface area contributed by atoms with Crippen LogP contribution >= 0.6 is 0 Å². The molecule has 0 aromatic carbocycles. The fourth-order valence-corrected chi connectivity index (χ4v) is 4.86. The van der Waals surface area contributed by atoms with Gasteiger partial charge in [-0.3, -0.25) is 4.90 Å². The minimum Gasteiger partial charge on any atom is -0.317 e. The number of fused-ring (bicyclic) bond motifs is 1. The van der Waals surface area contributed by atoms with Crippen LogP contribution < -0.4 is 5.32 Å². The van der Waals surface area contributed by atoms with E-state index in [9.17, 15) is 0 Å². The van der Waals surface area contributed by atoms with Crippen LogP contribution in [0.1, 0.15) is 45.4 Å². The van der Waals surface area contributed by atoms with Crippen LogP contribution in [-0.4, -0.2) is 61.7 Å². The van der Waals surface area contributed by atoms with Crippen molar-refractivity contribution in [1.29, 1.82) is 0 Å². The number of hydrogen-bond acceptors (Lipinski definition) is 3. The van der Waals surface area contributed by atoms with Crippen LogP contribution in [0.25, 0.3) is 0 Å². The van der Waals surface area contributed by atoms with E-state index in [1.54, 1.807) is 0 Å². The first-order chi connectivity index (χ1) is 9.76. The molecule has 0 spiro atoms. The van der Waals surface area contributed by atoms with Crippen molar-refractivity contribution in [3.63, 3.8) is 0 Å². The van der Waals surface area contributed by atoms with Crippen LogP contribution in [-0.2, 0) is 0 Å². The number of rotatable bonds is 3. The molecule has 0 radical (unpaired) electrons. The van der Waals surface area contributed by atoms with Crippen molar-refractivity contribution in [2.75, 3.05) is 39.8 Å². The molecular weight excluding hydrogens is 246 g/mol. The molecule has 0 bridgehead atoms. The molecule has 3 heteroatoms. The molecular formula is C17H33N3. The average molecular weight is 279 g/mol. The van der Waals surface area contributed by atoms with Crippen molar-refractivity contribution < 1.29 is 0 Å². The molecule has 3 rings (SSSR count). The highest BCUT2D eigenvalue weighted by Gasteiger charge is 2.32. The van der Waals surface area contributed by atoms with E-state index in [1.807, 2.05) is 0 Å². The van der Waals surface area contributed by atoms with E-state index in [0.717, 1.165) is 23.9 Å². The molecule has 0 aromatic rings. The third kappa shape index (κ3) is 3.37. The van der Waals surface area contributed by atoms with Gasteiger partial charge in [0.2, 0.25) is 0 Å². The van der Waals surface area contributed by atoms with Gasteiger partial charge >= 0.3 is 0 Å². The van der Waals surface area contributed by atoms with Crippen LogP contribution in [0.15, 0.2) is 0 Å². The molecule has 1 aliphatic carbocycles. The van der Waals surface area contributed by atoms with Crippen LogP contribution in [0.3, 0.4) is 0 Å². The Morgan fingerprint density at radius 3 is 2.75 bits per heavy atom. The van der Waals surface area contributed by atoms with Gasteiger partial charge in [0, 0.05) is 25.2 Å². The van der Waals surface area contributed by atoms with Gasteiger partial charge in [-0.05, 0) is 77.0 Å². The van der Waals surface area contributed by atoms with E-state index in [1.165, 1.54) is 71.2 Å². The highest BCUT2D eigenvalue weighted by molar-refractivity contribution is 4.89. The zero-order valence-corrected chi connectivity index (χ0v) is 13.5. The van der Waals surface area contributed by atoms with Crippen LogP contribution in [0.4, 0.5) is 0 Å². The Bertz CT molecular complexity index is 307. The third-order valence-corrected chi connectivity index (χ3v) is 6.00. The quantitative estimate of drug-likeness (QED) is 0.854. The molecule has 3 nitrogen and oxygen atoms in total. The Morgan fingerprint density at radius 1 is 1.05 bits per heavy atom. The predicted molar refractivity (Wildman–Crippen MR) is 85.0 cm³/mol. The second-order valence-corrected chi connectivity index (χ2v) is 7.52. The summed E-state index contributed by atoms with van der Waals surface area (Å²) in [7, 11) is 2.16. The summed E-state index contributed by atoms with van der Waals surface area (Å²) in [5.74, 6) is 1.80. The number of hydrogen-bond donors (Lipinski definition) is 1. The van der Waals surface area contributed by atoms with Crippen molar-refractivity contribution in [2.45, 2.75) is 57.5 Å². The fourth-order valence-electron chi connectivity index (χ4n) is 4.86. The van der Waals surface area contributed by atoms with Crippen LogP contribution in [0, 0.1) is 11.8 Å². The maximum atomic E-state index is 3.59. The van der Waals surface area contributed by atoms with Crippen molar-refractivity contribution >= 4 is 0 Å². The van der Waals surface area contributed by atoms with E-state index in [0.29, 0.717) is 0 Å². The summed E-state index contributed by atoms with van der Waals surface area (Å²) in [6, 6.07) is 1.63. The van der Waals surface area contributed by atoms with Crippen LogP contribution in [0.2, 0.25) is 0 Å². The van der Waals surface area contributed by atoms with E-state index in [-0.39, 0.29) is 0 Å². The molecule has 4 unspecified atom stereocenters. The van der Waals surface area contributed by atoms with Gasteiger partial charge in [-0.2, -0.15) is 0 Å². The van der Waals surface area contributed by atoms with Gasteiger partial charge in [0.15, 0.2) is 0 Å². The second kappa shape index (κ2) is 6.76. The first-order valence-corrected chi connectivity index (χ1v) is 8.90. The summed E-state index contributed by atoms with van der Waals surface area (Å²) >= 11 is 0. The van der Waals surface area contributed by atoms with Crippen molar-refractivity contribution in [3.8, 4) is 0 Å². The summed E-state index contributed by atoms with van der Waals surface area (Å²) in [5, 5.41) is 3.59. The van der Waals surface area contributed by atoms with Gasteiger partial charge < -0.3 is 10.2 Å². The SMILES string of the molecule is CNC1CCC(C)CC1CN1CCCN2CCCC2C1. The first kappa shape index (κ1) is 14.8. The van der Waals surface area contributed by atoms with Gasteiger partial charge in [-0.15, -0.1) is 0 Å². The molecule has 2 heterocycles. The Hall–Kier alpha value is -0.120. The maximum absolute atomic E-state index is 3.59. The summed E-state index contributed by atoms with van der Waals surface area (Å²) < 4.78 is 0. The highest BCUT2D eigenvalue weighted by Crippen LogP contribution is 2.30. The summed E-state index contributed by atoms with van der Waals surface area (Å²) in [4.78, 5) is 5.54. The fraction of sp³-hybridized carbons (Fsp3) is 1.00. The van der Waals surface area contributed by atoms with E-state index in [4.69, 9.17) is 0 Å². The topological polar surface area (TPSA) is 18.5 Å². The largest absolute Gasteiger partial charge is 0.317 e. The van der Waals surface area contributed by atoms with Crippen LogP contribution in [0.5, 0.6) is 0 Å². The van der Waals surface area contributed by atoms with E-state index < -0.39 is 0 Å². The maximum Gasteiger partial charge on any atom is 0.0223 e. The van der Waals surface area contributed by atoms with Crippen molar-refractivity contribution in [3.05, 3.63) is 0 Å². The molecule has 3 fully saturated rings. The average Bonchev–Trinajstić information content (AvgIpc) is 2.78. The predicted octanol–water partition coefficient (Wildman–Crippen LogP) is 2.18. The minimum absolute atomic E-state index is 0.758. The second-order valence-electron chi connectivity index (χ2n) is 7.52. The van der Waals surface area contributed by atoms with Gasteiger partial charge in [0.05, 0.1) is 0 Å². The molecule has 0 amide bonds. The molecule has 4 atom stereocenters. The lowest BCUT2D eigenvalue weighted by molar-refractivity contribution is 0.140. The van der Waals surface area contributed by atoms with Gasteiger partial charge in [-0.1, -0.05) is 6.92 Å². The lowest BCUT2D eigenvalue weighted by Gasteiger charge is -2.38.